The normalized spacial score (nSPS) is 12.2. The first-order chi connectivity index (χ1) is 11.0. The first-order valence-corrected chi connectivity index (χ1v) is 8.67. The lowest BCUT2D eigenvalue weighted by Gasteiger charge is -2.22. The number of nitrogens with one attached hydrogen (secondary N) is 1. The Balaban J connectivity index is 2.87. The van der Waals surface area contributed by atoms with E-state index in [-0.39, 0.29) is 6.42 Å². The van der Waals surface area contributed by atoms with E-state index in [4.69, 9.17) is 4.74 Å². The van der Waals surface area contributed by atoms with Gasteiger partial charge in [-0.05, 0) is 39.0 Å². The minimum atomic E-state index is -1.13. The van der Waals surface area contributed by atoms with Gasteiger partial charge < -0.3 is 14.8 Å². The van der Waals surface area contributed by atoms with Gasteiger partial charge in [-0.2, -0.15) is 0 Å². The number of ether oxygens (including phenoxy) is 2. The number of benzene rings is 1. The lowest BCUT2D eigenvalue weighted by atomic mass is 10.1. The summed E-state index contributed by atoms with van der Waals surface area (Å²) in [6.07, 6.45) is -0.315. The molecule has 1 aromatic carbocycles. The topological polar surface area (TPSA) is 81.7 Å². The van der Waals surface area contributed by atoms with Gasteiger partial charge in [-0.3, -0.25) is 9.59 Å². The molecule has 0 aromatic heterocycles. The van der Waals surface area contributed by atoms with Crippen LogP contribution in [0.25, 0.3) is 0 Å². The van der Waals surface area contributed by atoms with Gasteiger partial charge in [-0.15, -0.1) is 0 Å². The molecular weight excluding hydrogens is 446 g/mol. The van der Waals surface area contributed by atoms with Gasteiger partial charge in [0.1, 0.15) is 11.6 Å². The molecule has 0 aliphatic heterocycles. The Morgan fingerprint density at radius 3 is 2.12 bits per heavy atom. The van der Waals surface area contributed by atoms with Crippen LogP contribution in [0.2, 0.25) is 0 Å². The molecule has 1 N–H and O–H groups in total. The largest absolute Gasteiger partial charge is 0.467 e. The number of halogens is 2. The van der Waals surface area contributed by atoms with Crippen molar-refractivity contribution < 1.29 is 23.9 Å². The Morgan fingerprint density at radius 2 is 1.67 bits per heavy atom. The van der Waals surface area contributed by atoms with E-state index in [0.29, 0.717) is 14.5 Å². The monoisotopic (exact) mass is 463 g/mol. The van der Waals surface area contributed by atoms with E-state index in [2.05, 4.69) is 41.9 Å². The molecule has 1 aromatic rings. The summed E-state index contributed by atoms with van der Waals surface area (Å²) in [5.41, 5.74) is -0.356. The molecule has 0 spiro atoms. The fourth-order valence-corrected chi connectivity index (χ4v) is 3.11. The molecule has 0 heterocycles. The molecule has 0 bridgehead atoms. The van der Waals surface area contributed by atoms with Crippen LogP contribution < -0.4 is 5.32 Å². The summed E-state index contributed by atoms with van der Waals surface area (Å²) >= 11 is 6.58. The first kappa shape index (κ1) is 20.6. The molecule has 132 valence electrons. The van der Waals surface area contributed by atoms with Crippen molar-refractivity contribution >= 4 is 49.7 Å². The van der Waals surface area contributed by atoms with Crippen molar-refractivity contribution in [2.24, 2.45) is 0 Å². The molecular formula is C16H19Br2NO5. The molecule has 0 unspecified atom stereocenters. The number of hydrogen-bond acceptors (Lipinski definition) is 5. The number of esters is 2. The molecule has 1 atom stereocenters. The van der Waals surface area contributed by atoms with Gasteiger partial charge in [0.05, 0.1) is 13.5 Å². The fourth-order valence-electron chi connectivity index (χ4n) is 1.81. The quantitative estimate of drug-likeness (QED) is 0.676. The summed E-state index contributed by atoms with van der Waals surface area (Å²) in [4.78, 5) is 36.1. The summed E-state index contributed by atoms with van der Waals surface area (Å²) in [7, 11) is 1.19. The minimum absolute atomic E-state index is 0.315. The van der Waals surface area contributed by atoms with Gasteiger partial charge in [-0.1, -0.05) is 31.9 Å². The fraction of sp³-hybridized carbons (Fsp3) is 0.438. The van der Waals surface area contributed by atoms with Crippen molar-refractivity contribution in [3.8, 4) is 0 Å². The summed E-state index contributed by atoms with van der Waals surface area (Å²) in [6, 6.07) is 3.84. The minimum Gasteiger partial charge on any atom is -0.467 e. The van der Waals surface area contributed by atoms with Crippen molar-refractivity contribution in [1.82, 2.24) is 5.32 Å². The van der Waals surface area contributed by atoms with E-state index in [9.17, 15) is 14.4 Å². The average molecular weight is 465 g/mol. The van der Waals surface area contributed by atoms with Crippen molar-refractivity contribution in [3.05, 3.63) is 32.7 Å². The Hall–Kier alpha value is -1.41. The second kappa shape index (κ2) is 8.62. The van der Waals surface area contributed by atoms with Crippen molar-refractivity contribution in [2.75, 3.05) is 7.11 Å². The van der Waals surface area contributed by atoms with Gasteiger partial charge in [-0.25, -0.2) is 4.79 Å². The highest BCUT2D eigenvalue weighted by Crippen LogP contribution is 2.20. The maximum Gasteiger partial charge on any atom is 0.328 e. The highest BCUT2D eigenvalue weighted by atomic mass is 79.9. The SMILES string of the molecule is COC(=O)[C@@H](CC(=O)OC(C)(C)C)NC(=O)c1cc(Br)cc(Br)c1. The molecule has 24 heavy (non-hydrogen) atoms. The van der Waals surface area contributed by atoms with E-state index >= 15 is 0 Å². The van der Waals surface area contributed by atoms with E-state index in [1.54, 1.807) is 39.0 Å². The van der Waals surface area contributed by atoms with Crippen LogP contribution in [0, 0.1) is 0 Å². The lowest BCUT2D eigenvalue weighted by Crippen LogP contribution is -2.43. The van der Waals surface area contributed by atoms with Crippen molar-refractivity contribution in [2.45, 2.75) is 38.8 Å². The predicted octanol–water partition coefficient (Wildman–Crippen LogP) is 3.21. The van der Waals surface area contributed by atoms with E-state index < -0.39 is 29.5 Å². The summed E-state index contributed by atoms with van der Waals surface area (Å²) in [5.74, 6) is -1.83. The number of carbonyl (C=O) groups is 3. The zero-order valence-corrected chi connectivity index (χ0v) is 17.0. The Morgan fingerprint density at radius 1 is 1.12 bits per heavy atom. The van der Waals surface area contributed by atoms with Gasteiger partial charge >= 0.3 is 11.9 Å². The zero-order valence-electron chi connectivity index (χ0n) is 13.8. The Kier molecular flexibility index (Phi) is 7.41. The number of rotatable bonds is 5. The van der Waals surface area contributed by atoms with Gasteiger partial charge in [0, 0.05) is 14.5 Å². The summed E-state index contributed by atoms with van der Waals surface area (Å²) < 4.78 is 11.2. The van der Waals surface area contributed by atoms with Gasteiger partial charge in [0.25, 0.3) is 5.91 Å². The molecule has 0 aliphatic carbocycles. The van der Waals surface area contributed by atoms with Crippen LogP contribution in [0.1, 0.15) is 37.6 Å². The van der Waals surface area contributed by atoms with Crippen LogP contribution in [0.15, 0.2) is 27.1 Å². The van der Waals surface area contributed by atoms with Crippen LogP contribution >= 0.6 is 31.9 Å². The second-order valence-corrected chi connectivity index (χ2v) is 7.83. The predicted molar refractivity (Wildman–Crippen MR) is 95.6 cm³/mol. The van der Waals surface area contributed by atoms with Crippen molar-refractivity contribution in [3.63, 3.8) is 0 Å². The molecule has 1 rings (SSSR count). The third-order valence-corrected chi connectivity index (χ3v) is 3.62. The smallest absolute Gasteiger partial charge is 0.328 e. The van der Waals surface area contributed by atoms with Crippen LogP contribution in [-0.2, 0) is 19.1 Å². The first-order valence-electron chi connectivity index (χ1n) is 7.08. The zero-order chi connectivity index (χ0) is 18.5. The number of carbonyl (C=O) groups excluding carboxylic acids is 3. The third-order valence-electron chi connectivity index (χ3n) is 2.71. The average Bonchev–Trinajstić information content (AvgIpc) is 2.42. The summed E-state index contributed by atoms with van der Waals surface area (Å²) in [6.45, 7) is 5.15. The maximum atomic E-state index is 12.3. The Labute approximate surface area is 157 Å². The number of hydrogen-bond donors (Lipinski definition) is 1. The maximum absolute atomic E-state index is 12.3. The highest BCUT2D eigenvalue weighted by Gasteiger charge is 2.28. The Bertz CT molecular complexity index is 620. The van der Waals surface area contributed by atoms with Crippen LogP contribution in [0.4, 0.5) is 0 Å². The van der Waals surface area contributed by atoms with Gasteiger partial charge in [0.2, 0.25) is 0 Å². The summed E-state index contributed by atoms with van der Waals surface area (Å²) in [5, 5.41) is 2.50. The highest BCUT2D eigenvalue weighted by molar-refractivity contribution is 9.11. The molecule has 0 fully saturated rings. The lowest BCUT2D eigenvalue weighted by molar-refractivity contribution is -0.158. The third kappa shape index (κ3) is 7.00. The second-order valence-electron chi connectivity index (χ2n) is 6.00. The van der Waals surface area contributed by atoms with Crippen LogP contribution in [0.3, 0.4) is 0 Å². The van der Waals surface area contributed by atoms with Gasteiger partial charge in [0.15, 0.2) is 0 Å². The molecule has 0 saturated heterocycles. The van der Waals surface area contributed by atoms with Crippen molar-refractivity contribution in [1.29, 1.82) is 0 Å². The standard InChI is InChI=1S/C16H19Br2NO5/c1-16(2,3)24-13(20)8-12(15(22)23-4)19-14(21)9-5-10(17)7-11(18)6-9/h5-7,12H,8H2,1-4H3,(H,19,21)/t12-/m1/s1. The molecule has 8 heteroatoms. The molecule has 0 saturated carbocycles. The number of amides is 1. The van der Waals surface area contributed by atoms with Crippen LogP contribution in [0.5, 0.6) is 0 Å². The van der Waals surface area contributed by atoms with E-state index in [1.165, 1.54) is 7.11 Å². The molecule has 6 nitrogen and oxygen atoms in total. The van der Waals surface area contributed by atoms with E-state index in [0.717, 1.165) is 0 Å². The van der Waals surface area contributed by atoms with Crippen LogP contribution in [-0.4, -0.2) is 36.6 Å². The number of methoxy groups -OCH3 is 1. The molecule has 0 radical (unpaired) electrons. The molecule has 0 aliphatic rings. The molecule has 1 amide bonds. The van der Waals surface area contributed by atoms with E-state index in [1.807, 2.05) is 0 Å².